The summed E-state index contributed by atoms with van der Waals surface area (Å²) in [6, 6.07) is 13.4. The first-order valence-electron chi connectivity index (χ1n) is 6.46. The SMILES string of the molecule is COC(=O)c1cccc(N(C)Cc2ccccc2Br)c1N. The Balaban J connectivity index is 2.30. The maximum absolute atomic E-state index is 11.7. The highest BCUT2D eigenvalue weighted by Crippen LogP contribution is 2.28. The highest BCUT2D eigenvalue weighted by Gasteiger charge is 2.15. The van der Waals surface area contributed by atoms with Gasteiger partial charge in [-0.05, 0) is 23.8 Å². The number of benzene rings is 2. The van der Waals surface area contributed by atoms with Crippen LogP contribution in [0.4, 0.5) is 11.4 Å². The van der Waals surface area contributed by atoms with Gasteiger partial charge < -0.3 is 15.4 Å². The lowest BCUT2D eigenvalue weighted by Gasteiger charge is -2.22. The van der Waals surface area contributed by atoms with Crippen molar-refractivity contribution in [3.63, 3.8) is 0 Å². The first-order chi connectivity index (χ1) is 10.0. The zero-order chi connectivity index (χ0) is 15.4. The Labute approximate surface area is 132 Å². The summed E-state index contributed by atoms with van der Waals surface area (Å²) in [5, 5.41) is 0. The van der Waals surface area contributed by atoms with Crippen molar-refractivity contribution < 1.29 is 9.53 Å². The van der Waals surface area contributed by atoms with E-state index in [4.69, 9.17) is 10.5 Å². The van der Waals surface area contributed by atoms with E-state index in [1.165, 1.54) is 7.11 Å². The monoisotopic (exact) mass is 348 g/mol. The molecule has 2 N–H and O–H groups in total. The molecule has 0 amide bonds. The van der Waals surface area contributed by atoms with Crippen molar-refractivity contribution in [2.75, 3.05) is 24.8 Å². The summed E-state index contributed by atoms with van der Waals surface area (Å²) in [6.07, 6.45) is 0. The van der Waals surface area contributed by atoms with Crippen molar-refractivity contribution in [2.24, 2.45) is 0 Å². The minimum atomic E-state index is -0.427. The first kappa shape index (κ1) is 15.4. The lowest BCUT2D eigenvalue weighted by Crippen LogP contribution is -2.19. The molecule has 110 valence electrons. The molecule has 0 aliphatic rings. The molecule has 0 saturated heterocycles. The van der Waals surface area contributed by atoms with Crippen LogP contribution in [0.1, 0.15) is 15.9 Å². The van der Waals surface area contributed by atoms with E-state index in [0.717, 1.165) is 15.7 Å². The van der Waals surface area contributed by atoms with Gasteiger partial charge in [-0.3, -0.25) is 0 Å². The van der Waals surface area contributed by atoms with Crippen molar-refractivity contribution in [3.05, 3.63) is 58.1 Å². The predicted molar refractivity (Wildman–Crippen MR) is 88.4 cm³/mol. The molecule has 0 atom stereocenters. The number of hydrogen-bond donors (Lipinski definition) is 1. The van der Waals surface area contributed by atoms with Crippen molar-refractivity contribution >= 4 is 33.3 Å². The number of halogens is 1. The zero-order valence-electron chi connectivity index (χ0n) is 12.0. The van der Waals surface area contributed by atoms with E-state index >= 15 is 0 Å². The molecule has 2 rings (SSSR count). The van der Waals surface area contributed by atoms with E-state index < -0.39 is 5.97 Å². The maximum atomic E-state index is 11.7. The fraction of sp³-hybridized carbons (Fsp3) is 0.188. The summed E-state index contributed by atoms with van der Waals surface area (Å²) in [4.78, 5) is 13.7. The van der Waals surface area contributed by atoms with Crippen molar-refractivity contribution in [3.8, 4) is 0 Å². The number of ether oxygens (including phenoxy) is 1. The van der Waals surface area contributed by atoms with Gasteiger partial charge in [-0.15, -0.1) is 0 Å². The summed E-state index contributed by atoms with van der Waals surface area (Å²) < 4.78 is 5.79. The van der Waals surface area contributed by atoms with E-state index in [2.05, 4.69) is 15.9 Å². The van der Waals surface area contributed by atoms with Crippen LogP contribution in [-0.4, -0.2) is 20.1 Å². The molecule has 0 fully saturated rings. The van der Waals surface area contributed by atoms with Crippen molar-refractivity contribution in [1.29, 1.82) is 0 Å². The van der Waals surface area contributed by atoms with E-state index in [-0.39, 0.29) is 0 Å². The molecule has 21 heavy (non-hydrogen) atoms. The average molecular weight is 349 g/mol. The van der Waals surface area contributed by atoms with Crippen LogP contribution in [0.15, 0.2) is 46.9 Å². The molecule has 2 aromatic rings. The van der Waals surface area contributed by atoms with E-state index in [1.54, 1.807) is 12.1 Å². The number of para-hydroxylation sites is 1. The number of carbonyl (C=O) groups excluding carboxylic acids is 1. The van der Waals surface area contributed by atoms with Gasteiger partial charge in [0, 0.05) is 18.1 Å². The van der Waals surface area contributed by atoms with Gasteiger partial charge in [0.25, 0.3) is 0 Å². The topological polar surface area (TPSA) is 55.6 Å². The number of nitrogen functional groups attached to an aromatic ring is 1. The fourth-order valence-corrected chi connectivity index (χ4v) is 2.55. The van der Waals surface area contributed by atoms with E-state index in [1.807, 2.05) is 42.3 Å². The van der Waals surface area contributed by atoms with Crippen LogP contribution in [-0.2, 0) is 11.3 Å². The highest BCUT2D eigenvalue weighted by atomic mass is 79.9. The Kier molecular flexibility index (Phi) is 4.85. The van der Waals surface area contributed by atoms with Gasteiger partial charge in [0.15, 0.2) is 0 Å². The molecule has 0 radical (unpaired) electrons. The number of esters is 1. The maximum Gasteiger partial charge on any atom is 0.340 e. The lowest BCUT2D eigenvalue weighted by atomic mass is 10.1. The molecule has 5 heteroatoms. The van der Waals surface area contributed by atoms with Crippen molar-refractivity contribution in [2.45, 2.75) is 6.54 Å². The minimum Gasteiger partial charge on any atom is -0.465 e. The smallest absolute Gasteiger partial charge is 0.340 e. The zero-order valence-corrected chi connectivity index (χ0v) is 13.6. The third-order valence-corrected chi connectivity index (χ3v) is 4.04. The van der Waals surface area contributed by atoms with Gasteiger partial charge in [-0.2, -0.15) is 0 Å². The van der Waals surface area contributed by atoms with Crippen LogP contribution in [0.5, 0.6) is 0 Å². The molecule has 0 saturated carbocycles. The fourth-order valence-electron chi connectivity index (χ4n) is 2.14. The van der Waals surface area contributed by atoms with Crippen LogP contribution < -0.4 is 10.6 Å². The van der Waals surface area contributed by atoms with Gasteiger partial charge in [-0.25, -0.2) is 4.79 Å². The second-order valence-corrected chi connectivity index (χ2v) is 5.53. The molecular weight excluding hydrogens is 332 g/mol. The normalized spacial score (nSPS) is 10.2. The van der Waals surface area contributed by atoms with Crippen LogP contribution in [0.3, 0.4) is 0 Å². The second kappa shape index (κ2) is 6.63. The lowest BCUT2D eigenvalue weighted by molar-refractivity contribution is 0.0602. The summed E-state index contributed by atoms with van der Waals surface area (Å²) >= 11 is 3.53. The molecule has 0 aliphatic heterocycles. The predicted octanol–water partition coefficient (Wildman–Crippen LogP) is 3.45. The van der Waals surface area contributed by atoms with E-state index in [0.29, 0.717) is 17.8 Å². The van der Waals surface area contributed by atoms with Gasteiger partial charge in [0.2, 0.25) is 0 Å². The van der Waals surface area contributed by atoms with Crippen LogP contribution >= 0.6 is 15.9 Å². The average Bonchev–Trinajstić information content (AvgIpc) is 2.49. The van der Waals surface area contributed by atoms with Gasteiger partial charge in [-0.1, -0.05) is 40.2 Å². The molecule has 2 aromatic carbocycles. The molecule has 0 aromatic heterocycles. The number of hydrogen-bond acceptors (Lipinski definition) is 4. The summed E-state index contributed by atoms with van der Waals surface area (Å²) in [7, 11) is 3.28. The molecule has 0 heterocycles. The number of rotatable bonds is 4. The van der Waals surface area contributed by atoms with Gasteiger partial charge >= 0.3 is 5.97 Å². The number of anilines is 2. The Morgan fingerprint density at radius 2 is 1.95 bits per heavy atom. The first-order valence-corrected chi connectivity index (χ1v) is 7.25. The molecule has 4 nitrogen and oxygen atoms in total. The quantitative estimate of drug-likeness (QED) is 0.679. The van der Waals surface area contributed by atoms with E-state index in [9.17, 15) is 4.79 Å². The number of methoxy groups -OCH3 is 1. The minimum absolute atomic E-state index is 0.383. The molecular formula is C16H17BrN2O2. The highest BCUT2D eigenvalue weighted by molar-refractivity contribution is 9.10. The second-order valence-electron chi connectivity index (χ2n) is 4.68. The van der Waals surface area contributed by atoms with Crippen LogP contribution in [0.25, 0.3) is 0 Å². The Morgan fingerprint density at radius 3 is 2.62 bits per heavy atom. The number of nitrogens with two attached hydrogens (primary N) is 1. The standard InChI is InChI=1S/C16H17BrN2O2/c1-19(10-11-6-3-4-8-13(11)17)14-9-5-7-12(15(14)18)16(20)21-2/h3-9H,10,18H2,1-2H3. The number of carbonyl (C=O) groups is 1. The van der Waals surface area contributed by atoms with Crippen LogP contribution in [0.2, 0.25) is 0 Å². The molecule has 0 spiro atoms. The third kappa shape index (κ3) is 3.36. The van der Waals surface area contributed by atoms with Gasteiger partial charge in [0.05, 0.1) is 24.0 Å². The molecule has 0 unspecified atom stereocenters. The summed E-state index contributed by atoms with van der Waals surface area (Å²) in [5.74, 6) is -0.427. The Hall–Kier alpha value is -2.01. The Bertz CT molecular complexity index is 658. The molecule has 0 aliphatic carbocycles. The summed E-state index contributed by atoms with van der Waals surface area (Å²) in [6.45, 7) is 0.677. The third-order valence-electron chi connectivity index (χ3n) is 3.27. The number of nitrogens with zero attached hydrogens (tertiary/aromatic N) is 1. The van der Waals surface area contributed by atoms with Gasteiger partial charge in [0.1, 0.15) is 0 Å². The largest absolute Gasteiger partial charge is 0.465 e. The molecule has 0 bridgehead atoms. The van der Waals surface area contributed by atoms with Crippen LogP contribution in [0, 0.1) is 0 Å². The Morgan fingerprint density at radius 1 is 1.24 bits per heavy atom. The summed E-state index contributed by atoms with van der Waals surface area (Å²) in [5.41, 5.74) is 8.85. The van der Waals surface area contributed by atoms with Crippen molar-refractivity contribution in [1.82, 2.24) is 0 Å².